The monoisotopic (exact) mass is 245 g/mol. The topological polar surface area (TPSA) is 69.6 Å². The normalized spacial score (nSPS) is 14.4. The van der Waals surface area contributed by atoms with Crippen molar-refractivity contribution in [1.29, 1.82) is 0 Å². The van der Waals surface area contributed by atoms with Crippen LogP contribution >= 0.6 is 0 Å². The minimum Gasteiger partial charge on any atom is -0.480 e. The lowest BCUT2D eigenvalue weighted by atomic mass is 10.1. The summed E-state index contributed by atoms with van der Waals surface area (Å²) in [7, 11) is 0. The van der Waals surface area contributed by atoms with Crippen molar-refractivity contribution >= 4 is 5.97 Å². The lowest BCUT2D eigenvalue weighted by Crippen LogP contribution is -2.44. The number of aliphatic hydroxyl groups excluding tert-OH is 1. The van der Waals surface area contributed by atoms with Gasteiger partial charge in [0, 0.05) is 6.54 Å². The highest BCUT2D eigenvalue weighted by Crippen LogP contribution is 2.08. The molecule has 0 saturated heterocycles. The SMILES string of the molecule is CC(O)C(NCc1ccc(F)c(F)c1)C(=O)O. The quantitative estimate of drug-likeness (QED) is 0.720. The second-order valence-electron chi connectivity index (χ2n) is 3.69. The molecule has 1 aromatic rings. The smallest absolute Gasteiger partial charge is 0.323 e. The van der Waals surface area contributed by atoms with Crippen LogP contribution in [-0.2, 0) is 11.3 Å². The van der Waals surface area contributed by atoms with Crippen LogP contribution in [0.25, 0.3) is 0 Å². The second-order valence-corrected chi connectivity index (χ2v) is 3.69. The number of hydrogen-bond acceptors (Lipinski definition) is 3. The van der Waals surface area contributed by atoms with Crippen LogP contribution in [0.4, 0.5) is 8.78 Å². The highest BCUT2D eigenvalue weighted by Gasteiger charge is 2.22. The third kappa shape index (κ3) is 3.76. The Morgan fingerprint density at radius 3 is 2.53 bits per heavy atom. The van der Waals surface area contributed by atoms with Gasteiger partial charge in [0.25, 0.3) is 0 Å². The zero-order chi connectivity index (χ0) is 13.0. The van der Waals surface area contributed by atoms with E-state index in [1.165, 1.54) is 13.0 Å². The van der Waals surface area contributed by atoms with Crippen LogP contribution in [0.3, 0.4) is 0 Å². The summed E-state index contributed by atoms with van der Waals surface area (Å²) >= 11 is 0. The Bertz CT molecular complexity index is 410. The number of benzene rings is 1. The highest BCUT2D eigenvalue weighted by atomic mass is 19.2. The Morgan fingerprint density at radius 1 is 1.41 bits per heavy atom. The average Bonchev–Trinajstić information content (AvgIpc) is 2.22. The summed E-state index contributed by atoms with van der Waals surface area (Å²) in [4.78, 5) is 10.7. The molecule has 1 aromatic carbocycles. The average molecular weight is 245 g/mol. The summed E-state index contributed by atoms with van der Waals surface area (Å²) in [5, 5.41) is 20.5. The predicted molar refractivity (Wildman–Crippen MR) is 56.3 cm³/mol. The van der Waals surface area contributed by atoms with Crippen molar-refractivity contribution in [1.82, 2.24) is 5.32 Å². The van der Waals surface area contributed by atoms with Crippen LogP contribution in [0.1, 0.15) is 12.5 Å². The largest absolute Gasteiger partial charge is 0.480 e. The maximum absolute atomic E-state index is 12.9. The summed E-state index contributed by atoms with van der Waals surface area (Å²) in [6.45, 7) is 1.36. The molecule has 3 N–H and O–H groups in total. The molecule has 0 radical (unpaired) electrons. The number of carboxylic acids is 1. The maximum Gasteiger partial charge on any atom is 0.323 e. The number of halogens is 2. The molecule has 2 atom stereocenters. The number of rotatable bonds is 5. The van der Waals surface area contributed by atoms with Crippen LogP contribution in [-0.4, -0.2) is 28.3 Å². The van der Waals surface area contributed by atoms with Crippen molar-refractivity contribution in [2.24, 2.45) is 0 Å². The van der Waals surface area contributed by atoms with Crippen molar-refractivity contribution < 1.29 is 23.8 Å². The first-order valence-corrected chi connectivity index (χ1v) is 5.00. The van der Waals surface area contributed by atoms with Gasteiger partial charge in [0.05, 0.1) is 6.10 Å². The summed E-state index contributed by atoms with van der Waals surface area (Å²) in [6.07, 6.45) is -1.09. The number of aliphatic hydroxyl groups is 1. The third-order valence-electron chi connectivity index (χ3n) is 2.26. The molecule has 0 fully saturated rings. The fraction of sp³-hybridized carbons (Fsp3) is 0.364. The molecule has 0 spiro atoms. The number of hydrogen-bond donors (Lipinski definition) is 3. The zero-order valence-corrected chi connectivity index (χ0v) is 9.15. The molecular formula is C11H13F2NO3. The third-order valence-corrected chi connectivity index (χ3v) is 2.26. The van der Waals surface area contributed by atoms with Gasteiger partial charge in [0.15, 0.2) is 11.6 Å². The first-order valence-electron chi connectivity index (χ1n) is 5.00. The number of nitrogens with one attached hydrogen (secondary N) is 1. The minimum atomic E-state index is -1.21. The van der Waals surface area contributed by atoms with E-state index in [1.807, 2.05) is 0 Å². The van der Waals surface area contributed by atoms with Crippen LogP contribution < -0.4 is 5.32 Å². The van der Waals surface area contributed by atoms with Gasteiger partial charge in [0.2, 0.25) is 0 Å². The van der Waals surface area contributed by atoms with Crippen molar-refractivity contribution in [2.75, 3.05) is 0 Å². The Kier molecular flexibility index (Phi) is 4.53. The van der Waals surface area contributed by atoms with Gasteiger partial charge in [-0.25, -0.2) is 8.78 Å². The Labute approximate surface area is 96.9 Å². The van der Waals surface area contributed by atoms with Gasteiger partial charge < -0.3 is 10.2 Å². The molecule has 0 saturated carbocycles. The van der Waals surface area contributed by atoms with E-state index in [2.05, 4.69) is 5.32 Å². The lowest BCUT2D eigenvalue weighted by Gasteiger charge is -2.17. The van der Waals surface area contributed by atoms with Crippen LogP contribution in [0.2, 0.25) is 0 Å². The van der Waals surface area contributed by atoms with Crippen molar-refractivity contribution in [3.63, 3.8) is 0 Å². The molecule has 1 rings (SSSR count). The Hall–Kier alpha value is -1.53. The van der Waals surface area contributed by atoms with Crippen molar-refractivity contribution in [2.45, 2.75) is 25.6 Å². The van der Waals surface area contributed by atoms with E-state index in [0.717, 1.165) is 12.1 Å². The van der Waals surface area contributed by atoms with Crippen LogP contribution in [0.15, 0.2) is 18.2 Å². The first kappa shape index (κ1) is 13.5. The van der Waals surface area contributed by atoms with E-state index in [0.29, 0.717) is 5.56 Å². The van der Waals surface area contributed by atoms with Gasteiger partial charge in [-0.2, -0.15) is 0 Å². The van der Waals surface area contributed by atoms with Gasteiger partial charge in [0.1, 0.15) is 6.04 Å². The van der Waals surface area contributed by atoms with E-state index >= 15 is 0 Å². The maximum atomic E-state index is 12.9. The van der Waals surface area contributed by atoms with Gasteiger partial charge in [-0.1, -0.05) is 6.07 Å². The van der Waals surface area contributed by atoms with E-state index in [-0.39, 0.29) is 6.54 Å². The molecule has 0 bridgehead atoms. The van der Waals surface area contributed by atoms with E-state index in [1.54, 1.807) is 0 Å². The molecule has 0 heterocycles. The number of aliphatic carboxylic acids is 1. The predicted octanol–water partition coefficient (Wildman–Crippen LogP) is 0.888. The first-order chi connectivity index (χ1) is 7.91. The second kappa shape index (κ2) is 5.70. The van der Waals surface area contributed by atoms with Crippen LogP contribution in [0.5, 0.6) is 0 Å². The van der Waals surface area contributed by atoms with Crippen molar-refractivity contribution in [3.05, 3.63) is 35.4 Å². The van der Waals surface area contributed by atoms with Crippen molar-refractivity contribution in [3.8, 4) is 0 Å². The van der Waals surface area contributed by atoms with Crippen LogP contribution in [0, 0.1) is 11.6 Å². The molecule has 2 unspecified atom stereocenters. The molecule has 0 aliphatic rings. The Morgan fingerprint density at radius 2 is 2.06 bits per heavy atom. The molecule has 0 aliphatic carbocycles. The summed E-state index contributed by atoms with van der Waals surface area (Å²) < 4.78 is 25.5. The molecule has 4 nitrogen and oxygen atoms in total. The number of carboxylic acid groups (broad SMARTS) is 1. The van der Waals surface area contributed by atoms with E-state index < -0.39 is 29.7 Å². The molecular weight excluding hydrogens is 232 g/mol. The standard InChI is InChI=1S/C11H13F2NO3/c1-6(15)10(11(16)17)14-5-7-2-3-8(12)9(13)4-7/h2-4,6,10,14-15H,5H2,1H3,(H,16,17). The lowest BCUT2D eigenvalue weighted by molar-refractivity contribution is -0.142. The highest BCUT2D eigenvalue weighted by molar-refractivity contribution is 5.74. The van der Waals surface area contributed by atoms with Gasteiger partial charge in [-0.3, -0.25) is 10.1 Å². The molecule has 6 heteroatoms. The summed E-state index contributed by atoms with van der Waals surface area (Å²) in [5.74, 6) is -3.16. The minimum absolute atomic E-state index is 0.0269. The molecule has 94 valence electrons. The molecule has 0 aliphatic heterocycles. The number of carbonyl (C=O) groups is 1. The summed E-state index contributed by atoms with van der Waals surface area (Å²) in [6, 6.07) is 2.13. The molecule has 0 amide bonds. The fourth-order valence-electron chi connectivity index (χ4n) is 1.34. The fourth-order valence-corrected chi connectivity index (χ4v) is 1.34. The zero-order valence-electron chi connectivity index (χ0n) is 9.15. The Balaban J connectivity index is 2.65. The van der Waals surface area contributed by atoms with E-state index in [9.17, 15) is 18.7 Å². The molecule has 0 aromatic heterocycles. The summed E-state index contributed by atoms with van der Waals surface area (Å²) in [5.41, 5.74) is 0.399. The van der Waals surface area contributed by atoms with Gasteiger partial charge >= 0.3 is 5.97 Å². The molecule has 17 heavy (non-hydrogen) atoms. The van der Waals surface area contributed by atoms with E-state index in [4.69, 9.17) is 5.11 Å². The van der Waals surface area contributed by atoms with Gasteiger partial charge in [-0.15, -0.1) is 0 Å². The van der Waals surface area contributed by atoms with Gasteiger partial charge in [-0.05, 0) is 24.6 Å².